The van der Waals surface area contributed by atoms with Crippen LogP contribution in [0.15, 0.2) is 0 Å². The second kappa shape index (κ2) is 20.4. The third-order valence-corrected chi connectivity index (χ3v) is 6.50. The van der Waals surface area contributed by atoms with Crippen molar-refractivity contribution in [1.82, 2.24) is 0 Å². The first-order valence-electron chi connectivity index (χ1n) is 10.5. The van der Waals surface area contributed by atoms with E-state index >= 15 is 0 Å². The van der Waals surface area contributed by atoms with Crippen LogP contribution >= 0.6 is 23.5 Å². The zero-order valence-corrected chi connectivity index (χ0v) is 21.5. The number of hydrogen-bond donors (Lipinski definition) is 0. The number of hydrogen-bond acceptors (Lipinski definition) is 13. The maximum absolute atomic E-state index is 11.7. The molecule has 0 saturated heterocycles. The molecule has 34 heavy (non-hydrogen) atoms. The van der Waals surface area contributed by atoms with Gasteiger partial charge >= 0.3 is 17.9 Å². The van der Waals surface area contributed by atoms with Crippen LogP contribution in [-0.2, 0) is 52.4 Å². The highest BCUT2D eigenvalue weighted by molar-refractivity contribution is 7.99. The molecule has 0 saturated carbocycles. The summed E-state index contributed by atoms with van der Waals surface area (Å²) >= 11 is 2.84. The van der Waals surface area contributed by atoms with E-state index in [1.54, 1.807) is 13.8 Å². The van der Waals surface area contributed by atoms with Gasteiger partial charge in [-0.25, -0.2) is 0 Å². The lowest BCUT2D eigenvalue weighted by Crippen LogP contribution is -2.28. The molecule has 11 nitrogen and oxygen atoms in total. The fourth-order valence-corrected chi connectivity index (χ4v) is 4.21. The minimum absolute atomic E-state index is 0.0410. The van der Waals surface area contributed by atoms with Gasteiger partial charge in [-0.2, -0.15) is 23.5 Å². The summed E-state index contributed by atoms with van der Waals surface area (Å²) in [7, 11) is 1.35. The number of esters is 3. The minimum atomic E-state index is -0.609. The fraction of sp³-hybridized carbons (Fsp3) is 0.762. The van der Waals surface area contributed by atoms with Gasteiger partial charge in [-0.05, 0) is 13.8 Å². The van der Waals surface area contributed by atoms with Crippen LogP contribution in [0.2, 0.25) is 0 Å². The zero-order chi connectivity index (χ0) is 25.7. The smallest absolute Gasteiger partial charge is 0.312 e. The highest BCUT2D eigenvalue weighted by atomic mass is 32.2. The standard InChI is InChI=1S/C21H34O11S2/c1-21(2,20(26)27-3)14-34-11-5-19(25)31-9-7-28-6-8-30-18(24)4-10-33-13-17(32-16-23)12-29-15-22/h15-17H,4-14H2,1-3H3. The summed E-state index contributed by atoms with van der Waals surface area (Å²) < 4.78 is 29.4. The topological polar surface area (TPSA) is 141 Å². The Balaban J connectivity index is 3.63. The lowest BCUT2D eigenvalue weighted by atomic mass is 9.97. The average molecular weight is 527 g/mol. The van der Waals surface area contributed by atoms with Crippen molar-refractivity contribution in [2.24, 2.45) is 5.41 Å². The Morgan fingerprint density at radius 2 is 1.47 bits per heavy atom. The highest BCUT2D eigenvalue weighted by Crippen LogP contribution is 2.23. The predicted molar refractivity (Wildman–Crippen MR) is 125 cm³/mol. The summed E-state index contributed by atoms with van der Waals surface area (Å²) in [6.45, 7) is 4.62. The van der Waals surface area contributed by atoms with E-state index < -0.39 is 17.5 Å². The Labute approximate surface area is 208 Å². The van der Waals surface area contributed by atoms with E-state index in [1.807, 2.05) is 0 Å². The molecule has 13 heteroatoms. The Bertz CT molecular complexity index is 614. The van der Waals surface area contributed by atoms with Crippen molar-refractivity contribution in [3.8, 4) is 0 Å². The first-order chi connectivity index (χ1) is 16.3. The molecule has 0 aliphatic rings. The van der Waals surface area contributed by atoms with Crippen LogP contribution in [0.5, 0.6) is 0 Å². The summed E-state index contributed by atoms with van der Waals surface area (Å²) in [5.41, 5.74) is -0.609. The molecule has 0 N–H and O–H groups in total. The SMILES string of the molecule is COC(=O)C(C)(C)CSCCC(=O)OCCOCCOC(=O)CCSCC(COC=O)OC=O. The molecule has 0 heterocycles. The van der Waals surface area contributed by atoms with Crippen molar-refractivity contribution >= 4 is 54.4 Å². The maximum atomic E-state index is 11.7. The molecule has 0 aromatic rings. The molecule has 196 valence electrons. The molecular formula is C21H34O11S2. The molecule has 0 amide bonds. The number of rotatable bonds is 22. The maximum Gasteiger partial charge on any atom is 0.312 e. The van der Waals surface area contributed by atoms with Crippen LogP contribution < -0.4 is 0 Å². The highest BCUT2D eigenvalue weighted by Gasteiger charge is 2.28. The molecule has 1 unspecified atom stereocenters. The Hall–Kier alpha value is -1.99. The van der Waals surface area contributed by atoms with Gasteiger partial charge in [-0.1, -0.05) is 0 Å². The van der Waals surface area contributed by atoms with Crippen LogP contribution in [0, 0.1) is 5.41 Å². The number of carbonyl (C=O) groups is 5. The lowest BCUT2D eigenvalue weighted by molar-refractivity contribution is -0.149. The van der Waals surface area contributed by atoms with Crippen molar-refractivity contribution in [2.45, 2.75) is 32.8 Å². The van der Waals surface area contributed by atoms with Crippen molar-refractivity contribution < 1.29 is 52.4 Å². The van der Waals surface area contributed by atoms with Gasteiger partial charge in [-0.15, -0.1) is 0 Å². The fourth-order valence-electron chi connectivity index (χ4n) is 2.22. The van der Waals surface area contributed by atoms with Crippen LogP contribution in [-0.4, -0.2) is 100 Å². The first kappa shape index (κ1) is 32.0. The zero-order valence-electron chi connectivity index (χ0n) is 19.8. The largest absolute Gasteiger partial charge is 0.469 e. The van der Waals surface area contributed by atoms with Gasteiger partial charge < -0.3 is 28.4 Å². The normalized spacial score (nSPS) is 11.7. The van der Waals surface area contributed by atoms with E-state index in [9.17, 15) is 24.0 Å². The van der Waals surface area contributed by atoms with Crippen LogP contribution in [0.4, 0.5) is 0 Å². The molecular weight excluding hydrogens is 492 g/mol. The molecule has 0 fully saturated rings. The van der Waals surface area contributed by atoms with Crippen molar-refractivity contribution in [3.05, 3.63) is 0 Å². The molecule has 0 aliphatic heterocycles. The van der Waals surface area contributed by atoms with E-state index in [4.69, 9.17) is 23.7 Å². The summed E-state index contributed by atoms with van der Waals surface area (Å²) in [6.07, 6.45) is -0.174. The second-order valence-corrected chi connectivity index (χ2v) is 9.60. The monoisotopic (exact) mass is 526 g/mol. The van der Waals surface area contributed by atoms with E-state index in [1.165, 1.54) is 30.6 Å². The molecule has 0 aromatic carbocycles. The number of ether oxygens (including phenoxy) is 6. The Morgan fingerprint density at radius 3 is 2.00 bits per heavy atom. The average Bonchev–Trinajstić information content (AvgIpc) is 2.81. The van der Waals surface area contributed by atoms with Crippen LogP contribution in [0.1, 0.15) is 26.7 Å². The van der Waals surface area contributed by atoms with Gasteiger partial charge in [0.15, 0.2) is 0 Å². The molecule has 0 rings (SSSR count). The van der Waals surface area contributed by atoms with E-state index in [2.05, 4.69) is 4.74 Å². The number of methoxy groups -OCH3 is 1. The predicted octanol–water partition coefficient (Wildman–Crippen LogP) is 1.25. The molecule has 0 spiro atoms. The van der Waals surface area contributed by atoms with Gasteiger partial charge in [0.25, 0.3) is 12.9 Å². The van der Waals surface area contributed by atoms with Crippen LogP contribution in [0.25, 0.3) is 0 Å². The van der Waals surface area contributed by atoms with Crippen molar-refractivity contribution in [1.29, 1.82) is 0 Å². The summed E-state index contributed by atoms with van der Waals surface area (Å²) in [4.78, 5) is 55.5. The first-order valence-corrected chi connectivity index (χ1v) is 12.8. The summed E-state index contributed by atoms with van der Waals surface area (Å²) in [5, 5.41) is 0. The van der Waals surface area contributed by atoms with E-state index in [0.717, 1.165) is 0 Å². The number of thioether (sulfide) groups is 2. The van der Waals surface area contributed by atoms with Gasteiger partial charge in [0.1, 0.15) is 25.9 Å². The van der Waals surface area contributed by atoms with Crippen molar-refractivity contribution in [3.63, 3.8) is 0 Å². The molecule has 1 atom stereocenters. The minimum Gasteiger partial charge on any atom is -0.469 e. The van der Waals surface area contributed by atoms with Crippen LogP contribution in [0.3, 0.4) is 0 Å². The van der Waals surface area contributed by atoms with Crippen molar-refractivity contribution in [2.75, 3.05) is 63.2 Å². The second-order valence-electron chi connectivity index (χ2n) is 7.34. The van der Waals surface area contributed by atoms with Gasteiger partial charge in [-0.3, -0.25) is 24.0 Å². The van der Waals surface area contributed by atoms with E-state index in [-0.39, 0.29) is 70.8 Å². The van der Waals surface area contributed by atoms with Gasteiger partial charge in [0, 0.05) is 23.0 Å². The number of carbonyl (C=O) groups excluding carboxylic acids is 5. The Kier molecular flexibility index (Phi) is 19.2. The molecule has 0 bridgehead atoms. The lowest BCUT2D eigenvalue weighted by Gasteiger charge is -2.20. The summed E-state index contributed by atoms with van der Waals surface area (Å²) in [6, 6.07) is 0. The van der Waals surface area contributed by atoms with Gasteiger partial charge in [0.2, 0.25) is 0 Å². The molecule has 0 radical (unpaired) electrons. The Morgan fingerprint density at radius 1 is 0.882 bits per heavy atom. The quantitative estimate of drug-likeness (QED) is 0.0865. The van der Waals surface area contributed by atoms with E-state index in [0.29, 0.717) is 23.0 Å². The summed E-state index contributed by atoms with van der Waals surface area (Å²) in [5.74, 6) is 0.869. The third-order valence-electron chi connectivity index (χ3n) is 3.99. The van der Waals surface area contributed by atoms with Gasteiger partial charge in [0.05, 0.1) is 38.6 Å². The molecule has 0 aromatic heterocycles. The third kappa shape index (κ3) is 17.5. The molecule has 0 aliphatic carbocycles.